The maximum absolute atomic E-state index is 6.25. The predicted octanol–water partition coefficient (Wildman–Crippen LogP) is 4.69. The van der Waals surface area contributed by atoms with E-state index in [-0.39, 0.29) is 0 Å². The highest BCUT2D eigenvalue weighted by Gasteiger charge is 2.23. The van der Waals surface area contributed by atoms with Crippen molar-refractivity contribution in [3.05, 3.63) is 58.1 Å². The first-order chi connectivity index (χ1) is 8.27. The molecule has 0 aliphatic carbocycles. The number of rotatable bonds is 1. The van der Waals surface area contributed by atoms with Crippen LogP contribution in [0.2, 0.25) is 10.0 Å². The summed E-state index contributed by atoms with van der Waals surface area (Å²) >= 11 is 12.5. The van der Waals surface area contributed by atoms with E-state index in [1.54, 1.807) is 0 Å². The van der Waals surface area contributed by atoms with E-state index in [4.69, 9.17) is 23.2 Å². The summed E-state index contributed by atoms with van der Waals surface area (Å²) in [5.41, 5.74) is 3.48. The lowest BCUT2D eigenvalue weighted by atomic mass is 10.2. The van der Waals surface area contributed by atoms with Gasteiger partial charge >= 0.3 is 0 Å². The molecule has 0 bridgehead atoms. The van der Waals surface area contributed by atoms with Crippen LogP contribution in [0.25, 0.3) is 0 Å². The van der Waals surface area contributed by atoms with Gasteiger partial charge in [0.25, 0.3) is 0 Å². The molecule has 0 radical (unpaired) electrons. The van der Waals surface area contributed by atoms with E-state index in [2.05, 4.69) is 23.1 Å². The Morgan fingerprint density at radius 3 is 2.35 bits per heavy atom. The minimum Gasteiger partial charge on any atom is -0.338 e. The molecule has 3 heteroatoms. The van der Waals surface area contributed by atoms with Crippen molar-refractivity contribution >= 4 is 34.6 Å². The molecule has 1 heterocycles. The standard InChI is InChI=1S/C14H11Cl2N/c15-11-5-3-6-12(16)14(11)17-9-8-10-4-1-2-7-13(10)17/h1-7H,8-9H2. The third-order valence-electron chi connectivity index (χ3n) is 3.09. The van der Waals surface area contributed by atoms with Gasteiger partial charge in [-0.25, -0.2) is 0 Å². The van der Waals surface area contributed by atoms with Gasteiger partial charge in [-0.3, -0.25) is 0 Å². The molecule has 0 N–H and O–H groups in total. The summed E-state index contributed by atoms with van der Waals surface area (Å²) < 4.78 is 0. The normalized spacial score (nSPS) is 13.9. The Hall–Kier alpha value is -1.18. The zero-order valence-electron chi connectivity index (χ0n) is 9.16. The van der Waals surface area contributed by atoms with Gasteiger partial charge in [-0.15, -0.1) is 0 Å². The largest absolute Gasteiger partial charge is 0.338 e. The molecule has 0 spiro atoms. The van der Waals surface area contributed by atoms with Crippen molar-refractivity contribution < 1.29 is 0 Å². The summed E-state index contributed by atoms with van der Waals surface area (Å²) in [6, 6.07) is 14.0. The number of anilines is 2. The zero-order valence-corrected chi connectivity index (χ0v) is 10.7. The van der Waals surface area contributed by atoms with Gasteiger partial charge in [-0.1, -0.05) is 47.5 Å². The second-order valence-electron chi connectivity index (χ2n) is 4.10. The fraction of sp³-hybridized carbons (Fsp3) is 0.143. The van der Waals surface area contributed by atoms with Crippen LogP contribution < -0.4 is 4.90 Å². The Bertz CT molecular complexity index is 546. The molecule has 1 aliphatic heterocycles. The molecule has 0 aromatic heterocycles. The van der Waals surface area contributed by atoms with E-state index >= 15 is 0 Å². The van der Waals surface area contributed by atoms with Crippen molar-refractivity contribution in [2.75, 3.05) is 11.4 Å². The average molecular weight is 264 g/mol. The second kappa shape index (κ2) is 4.25. The molecule has 86 valence electrons. The number of fused-ring (bicyclic) bond motifs is 1. The van der Waals surface area contributed by atoms with Crippen LogP contribution in [0, 0.1) is 0 Å². The van der Waals surface area contributed by atoms with Crippen LogP contribution >= 0.6 is 23.2 Å². The molecule has 1 nitrogen and oxygen atoms in total. The van der Waals surface area contributed by atoms with E-state index in [9.17, 15) is 0 Å². The van der Waals surface area contributed by atoms with E-state index in [1.807, 2.05) is 24.3 Å². The molecule has 3 rings (SSSR count). The van der Waals surface area contributed by atoms with Crippen LogP contribution in [0.4, 0.5) is 11.4 Å². The third kappa shape index (κ3) is 1.80. The highest BCUT2D eigenvalue weighted by atomic mass is 35.5. The average Bonchev–Trinajstić information content (AvgIpc) is 2.73. The van der Waals surface area contributed by atoms with Gasteiger partial charge in [0.2, 0.25) is 0 Å². The maximum Gasteiger partial charge on any atom is 0.0789 e. The number of hydrogen-bond donors (Lipinski definition) is 0. The number of nitrogens with zero attached hydrogens (tertiary/aromatic N) is 1. The van der Waals surface area contributed by atoms with Crippen molar-refractivity contribution in [2.24, 2.45) is 0 Å². The Labute approximate surface area is 111 Å². The highest BCUT2D eigenvalue weighted by Crippen LogP contribution is 2.41. The van der Waals surface area contributed by atoms with Gasteiger partial charge in [-0.2, -0.15) is 0 Å². The third-order valence-corrected chi connectivity index (χ3v) is 3.70. The molecule has 2 aromatic carbocycles. The van der Waals surface area contributed by atoms with Crippen LogP contribution in [0.5, 0.6) is 0 Å². The van der Waals surface area contributed by atoms with E-state index in [0.717, 1.165) is 18.7 Å². The lowest BCUT2D eigenvalue weighted by Gasteiger charge is -2.22. The van der Waals surface area contributed by atoms with Gasteiger partial charge in [0.15, 0.2) is 0 Å². The van der Waals surface area contributed by atoms with Crippen LogP contribution in [0.1, 0.15) is 5.56 Å². The number of benzene rings is 2. The maximum atomic E-state index is 6.25. The van der Waals surface area contributed by atoms with Gasteiger partial charge in [0, 0.05) is 12.2 Å². The monoisotopic (exact) mass is 263 g/mol. The molecule has 0 saturated carbocycles. The van der Waals surface area contributed by atoms with Crippen molar-refractivity contribution in [2.45, 2.75) is 6.42 Å². The van der Waals surface area contributed by atoms with Crippen molar-refractivity contribution in [1.82, 2.24) is 0 Å². The Morgan fingerprint density at radius 1 is 0.882 bits per heavy atom. The molecule has 2 aromatic rings. The summed E-state index contributed by atoms with van der Waals surface area (Å²) in [7, 11) is 0. The molecular weight excluding hydrogens is 253 g/mol. The second-order valence-corrected chi connectivity index (χ2v) is 4.92. The van der Waals surface area contributed by atoms with Crippen molar-refractivity contribution in [3.63, 3.8) is 0 Å². The van der Waals surface area contributed by atoms with E-state index < -0.39 is 0 Å². The fourth-order valence-corrected chi connectivity index (χ4v) is 2.92. The first-order valence-corrected chi connectivity index (χ1v) is 6.32. The molecule has 0 atom stereocenters. The minimum atomic E-state index is 0.703. The fourth-order valence-electron chi connectivity index (χ4n) is 2.32. The van der Waals surface area contributed by atoms with E-state index in [0.29, 0.717) is 10.0 Å². The van der Waals surface area contributed by atoms with Crippen LogP contribution in [0.3, 0.4) is 0 Å². The molecule has 17 heavy (non-hydrogen) atoms. The van der Waals surface area contributed by atoms with Gasteiger partial charge in [-0.05, 0) is 30.2 Å². The summed E-state index contributed by atoms with van der Waals surface area (Å²) in [4.78, 5) is 2.19. The Balaban J connectivity index is 2.13. The molecule has 0 amide bonds. The SMILES string of the molecule is Clc1cccc(Cl)c1N1CCc2ccccc21. The number of halogens is 2. The lowest BCUT2D eigenvalue weighted by Crippen LogP contribution is -2.14. The van der Waals surface area contributed by atoms with Gasteiger partial charge < -0.3 is 4.90 Å². The molecular formula is C14H11Cl2N. The minimum absolute atomic E-state index is 0.703. The highest BCUT2D eigenvalue weighted by molar-refractivity contribution is 6.39. The smallest absolute Gasteiger partial charge is 0.0789 e. The lowest BCUT2D eigenvalue weighted by molar-refractivity contribution is 0.998. The summed E-state index contributed by atoms with van der Waals surface area (Å²) in [6.07, 6.45) is 1.04. The van der Waals surface area contributed by atoms with Crippen molar-refractivity contribution in [3.8, 4) is 0 Å². The molecule has 1 aliphatic rings. The summed E-state index contributed by atoms with van der Waals surface area (Å²) in [6.45, 7) is 0.933. The summed E-state index contributed by atoms with van der Waals surface area (Å²) in [5.74, 6) is 0. The first kappa shape index (κ1) is 10.9. The number of para-hydroxylation sites is 2. The number of hydrogen-bond acceptors (Lipinski definition) is 1. The molecule has 0 unspecified atom stereocenters. The van der Waals surface area contributed by atoms with Crippen LogP contribution in [0.15, 0.2) is 42.5 Å². The van der Waals surface area contributed by atoms with Gasteiger partial charge in [0.1, 0.15) is 0 Å². The topological polar surface area (TPSA) is 3.24 Å². The van der Waals surface area contributed by atoms with Crippen molar-refractivity contribution in [1.29, 1.82) is 0 Å². The Morgan fingerprint density at radius 2 is 1.59 bits per heavy atom. The van der Waals surface area contributed by atoms with E-state index in [1.165, 1.54) is 11.3 Å². The quantitative estimate of drug-likeness (QED) is 0.722. The molecule has 0 saturated heterocycles. The van der Waals surface area contributed by atoms with Crippen LogP contribution in [-0.2, 0) is 6.42 Å². The van der Waals surface area contributed by atoms with Gasteiger partial charge in [0.05, 0.1) is 15.7 Å². The summed E-state index contributed by atoms with van der Waals surface area (Å²) in [5, 5.41) is 1.41. The first-order valence-electron chi connectivity index (χ1n) is 5.57. The van der Waals surface area contributed by atoms with Crippen LogP contribution in [-0.4, -0.2) is 6.54 Å². The predicted molar refractivity (Wildman–Crippen MR) is 73.6 cm³/mol. The Kier molecular flexibility index (Phi) is 2.73. The zero-order chi connectivity index (χ0) is 11.8. The molecule has 0 fully saturated rings.